The van der Waals surface area contributed by atoms with Crippen molar-refractivity contribution < 1.29 is 19.3 Å². The van der Waals surface area contributed by atoms with Gasteiger partial charge >= 0.3 is 5.91 Å². The lowest BCUT2D eigenvalue weighted by Gasteiger charge is -2.14. The lowest BCUT2D eigenvalue weighted by atomic mass is 10.0. The number of hydrogen-bond acceptors (Lipinski definition) is 5. The monoisotopic (exact) mass is 260 g/mol. The fraction of sp³-hybridized carbons (Fsp3) is 0.154. The van der Waals surface area contributed by atoms with Crippen LogP contribution in [0.1, 0.15) is 11.1 Å². The van der Waals surface area contributed by atoms with Gasteiger partial charge in [-0.3, -0.25) is 14.4 Å². The molecule has 0 saturated carbocycles. The van der Waals surface area contributed by atoms with Gasteiger partial charge in [-0.25, -0.2) is 0 Å². The molecule has 1 aliphatic rings. The summed E-state index contributed by atoms with van der Waals surface area (Å²) in [7, 11) is 1.33. The number of benzene rings is 1. The molecule has 19 heavy (non-hydrogen) atoms. The van der Waals surface area contributed by atoms with E-state index < -0.39 is 11.8 Å². The molecule has 0 N–H and O–H groups in total. The fourth-order valence-electron chi connectivity index (χ4n) is 1.71. The first-order chi connectivity index (χ1) is 9.19. The molecule has 1 aromatic rings. The van der Waals surface area contributed by atoms with Crippen LogP contribution in [0.25, 0.3) is 0 Å². The van der Waals surface area contributed by atoms with Gasteiger partial charge in [-0.15, -0.1) is 5.06 Å². The molecular weight excluding hydrogens is 248 g/mol. The van der Waals surface area contributed by atoms with Crippen molar-refractivity contribution in [3.63, 3.8) is 0 Å². The molecule has 0 aliphatic carbocycles. The summed E-state index contributed by atoms with van der Waals surface area (Å²) in [5.41, 5.74) is 1.34. The average Bonchev–Trinajstić information content (AvgIpc) is 2.57. The third-order valence-electron chi connectivity index (χ3n) is 2.57. The SMILES string of the molecule is C=CC(=O)N1OCc2ccccc2/C(=N\OC)C1=O. The van der Waals surface area contributed by atoms with Crippen molar-refractivity contribution in [2.45, 2.75) is 6.61 Å². The third kappa shape index (κ3) is 2.38. The van der Waals surface area contributed by atoms with Gasteiger partial charge in [0.15, 0.2) is 5.71 Å². The molecule has 0 atom stereocenters. The molecule has 1 aliphatic heterocycles. The zero-order valence-electron chi connectivity index (χ0n) is 10.3. The Morgan fingerprint density at radius 3 is 2.95 bits per heavy atom. The molecule has 2 rings (SSSR count). The zero-order chi connectivity index (χ0) is 13.8. The Kier molecular flexibility index (Phi) is 3.72. The normalized spacial score (nSPS) is 16.8. The minimum Gasteiger partial charge on any atom is -0.398 e. The Labute approximate surface area is 109 Å². The summed E-state index contributed by atoms with van der Waals surface area (Å²) < 4.78 is 0. The highest BCUT2D eigenvalue weighted by atomic mass is 16.7. The van der Waals surface area contributed by atoms with Crippen LogP contribution in [-0.4, -0.2) is 29.7 Å². The van der Waals surface area contributed by atoms with E-state index in [0.717, 1.165) is 11.6 Å². The van der Waals surface area contributed by atoms with E-state index in [2.05, 4.69) is 16.6 Å². The van der Waals surface area contributed by atoms with E-state index in [-0.39, 0.29) is 12.3 Å². The van der Waals surface area contributed by atoms with Crippen LogP contribution in [0.15, 0.2) is 42.1 Å². The average molecular weight is 260 g/mol. The minimum atomic E-state index is -0.684. The number of imide groups is 1. The maximum atomic E-state index is 12.2. The molecule has 0 unspecified atom stereocenters. The Hall–Kier alpha value is -2.47. The molecule has 6 heteroatoms. The Morgan fingerprint density at radius 1 is 1.53 bits per heavy atom. The van der Waals surface area contributed by atoms with E-state index in [9.17, 15) is 9.59 Å². The lowest BCUT2D eigenvalue weighted by Crippen LogP contribution is -2.38. The maximum absolute atomic E-state index is 12.2. The van der Waals surface area contributed by atoms with Crippen LogP contribution in [0.4, 0.5) is 0 Å². The highest BCUT2D eigenvalue weighted by Crippen LogP contribution is 2.18. The molecule has 0 bridgehead atoms. The summed E-state index contributed by atoms with van der Waals surface area (Å²) in [6.45, 7) is 3.41. The van der Waals surface area contributed by atoms with E-state index in [1.807, 2.05) is 6.07 Å². The van der Waals surface area contributed by atoms with Crippen molar-refractivity contribution in [1.29, 1.82) is 0 Å². The Bertz CT molecular complexity index is 566. The van der Waals surface area contributed by atoms with Gasteiger partial charge < -0.3 is 4.84 Å². The minimum absolute atomic E-state index is 0.0193. The smallest absolute Gasteiger partial charge is 0.307 e. The van der Waals surface area contributed by atoms with E-state index >= 15 is 0 Å². The van der Waals surface area contributed by atoms with Gasteiger partial charge in [-0.05, 0) is 11.6 Å². The van der Waals surface area contributed by atoms with Crippen LogP contribution < -0.4 is 0 Å². The molecule has 0 radical (unpaired) electrons. The molecule has 0 aromatic heterocycles. The highest BCUT2D eigenvalue weighted by Gasteiger charge is 2.31. The summed E-state index contributed by atoms with van der Waals surface area (Å²) in [4.78, 5) is 33.7. The van der Waals surface area contributed by atoms with E-state index in [0.29, 0.717) is 10.6 Å². The standard InChI is InChI=1S/C13H12N2O4/c1-3-11(16)15-13(17)12(14-18-2)10-7-5-4-6-9(10)8-19-15/h3-7H,1,8H2,2H3/b14-12+. The second-order valence-corrected chi connectivity index (χ2v) is 3.69. The molecule has 98 valence electrons. The molecule has 6 nitrogen and oxygen atoms in total. The van der Waals surface area contributed by atoms with Crippen molar-refractivity contribution >= 4 is 17.5 Å². The number of amides is 2. The first-order valence-corrected chi connectivity index (χ1v) is 5.52. The van der Waals surface area contributed by atoms with E-state index in [1.54, 1.807) is 18.2 Å². The Morgan fingerprint density at radius 2 is 2.26 bits per heavy atom. The summed E-state index contributed by atoms with van der Waals surface area (Å²) in [6.07, 6.45) is 0.998. The van der Waals surface area contributed by atoms with Crippen molar-refractivity contribution in [2.24, 2.45) is 5.16 Å². The second kappa shape index (κ2) is 5.45. The quantitative estimate of drug-likeness (QED) is 0.588. The number of fused-ring (bicyclic) bond motifs is 1. The predicted molar refractivity (Wildman–Crippen MR) is 66.8 cm³/mol. The van der Waals surface area contributed by atoms with Gasteiger partial charge in [0.1, 0.15) is 13.7 Å². The van der Waals surface area contributed by atoms with Crippen LogP contribution in [0.2, 0.25) is 0 Å². The second-order valence-electron chi connectivity index (χ2n) is 3.69. The summed E-state index contributed by atoms with van der Waals surface area (Å²) in [5.74, 6) is -1.33. The maximum Gasteiger partial charge on any atom is 0.307 e. The van der Waals surface area contributed by atoms with Gasteiger partial charge in [0.2, 0.25) is 0 Å². The Balaban J connectivity index is 2.51. The summed E-state index contributed by atoms with van der Waals surface area (Å²) in [6, 6.07) is 7.08. The number of hydroxylamine groups is 2. The molecule has 0 saturated heterocycles. The lowest BCUT2D eigenvalue weighted by molar-refractivity contribution is -0.189. The van der Waals surface area contributed by atoms with Crippen molar-refractivity contribution in [3.8, 4) is 0 Å². The molecule has 0 fully saturated rings. The number of carbonyl (C=O) groups is 2. The van der Waals surface area contributed by atoms with Gasteiger partial charge in [-0.2, -0.15) is 0 Å². The molecule has 1 aromatic carbocycles. The van der Waals surface area contributed by atoms with Crippen LogP contribution in [0.3, 0.4) is 0 Å². The predicted octanol–water partition coefficient (Wildman–Crippen LogP) is 1.02. The summed E-state index contributed by atoms with van der Waals surface area (Å²) in [5, 5.41) is 4.32. The molecule has 1 heterocycles. The van der Waals surface area contributed by atoms with Crippen LogP contribution in [-0.2, 0) is 25.9 Å². The summed E-state index contributed by atoms with van der Waals surface area (Å²) >= 11 is 0. The van der Waals surface area contributed by atoms with Gasteiger partial charge in [-0.1, -0.05) is 36.0 Å². The molecular formula is C13H12N2O4. The topological polar surface area (TPSA) is 68.2 Å². The zero-order valence-corrected chi connectivity index (χ0v) is 10.3. The van der Waals surface area contributed by atoms with E-state index in [1.165, 1.54) is 7.11 Å². The third-order valence-corrected chi connectivity index (χ3v) is 2.57. The number of oxime groups is 1. The molecule has 0 spiro atoms. The molecule has 2 amide bonds. The number of hydrogen-bond donors (Lipinski definition) is 0. The number of nitrogens with zero attached hydrogens (tertiary/aromatic N) is 2. The van der Waals surface area contributed by atoms with Gasteiger partial charge in [0.25, 0.3) is 5.91 Å². The van der Waals surface area contributed by atoms with Crippen LogP contribution in [0, 0.1) is 0 Å². The van der Waals surface area contributed by atoms with Crippen molar-refractivity contribution in [2.75, 3.05) is 7.11 Å². The van der Waals surface area contributed by atoms with Crippen molar-refractivity contribution in [1.82, 2.24) is 5.06 Å². The van der Waals surface area contributed by atoms with E-state index in [4.69, 9.17) is 4.84 Å². The van der Waals surface area contributed by atoms with Crippen molar-refractivity contribution in [3.05, 3.63) is 48.0 Å². The van der Waals surface area contributed by atoms with Gasteiger partial charge in [0, 0.05) is 5.56 Å². The van der Waals surface area contributed by atoms with Gasteiger partial charge in [0.05, 0.1) is 0 Å². The van der Waals surface area contributed by atoms with Crippen LogP contribution in [0.5, 0.6) is 0 Å². The first-order valence-electron chi connectivity index (χ1n) is 5.52. The number of carbonyl (C=O) groups excluding carboxylic acids is 2. The highest BCUT2D eigenvalue weighted by molar-refractivity contribution is 6.47. The van der Waals surface area contributed by atoms with Crippen LogP contribution >= 0.6 is 0 Å². The number of rotatable bonds is 2. The first kappa shape index (κ1) is 13.0. The largest absolute Gasteiger partial charge is 0.398 e. The fourth-order valence-corrected chi connectivity index (χ4v) is 1.71.